The van der Waals surface area contributed by atoms with Crippen molar-refractivity contribution in [2.75, 3.05) is 107 Å². The summed E-state index contributed by atoms with van der Waals surface area (Å²) in [6, 6.07) is 26.5. The second-order valence-corrected chi connectivity index (χ2v) is 33.4. The van der Waals surface area contributed by atoms with Crippen molar-refractivity contribution in [2.24, 2.45) is 10.8 Å². The Morgan fingerprint density at radius 3 is 2.30 bits per heavy atom. The molecule has 3 saturated heterocycles. The Labute approximate surface area is 628 Å². The molecule has 4 aromatic carbocycles. The number of pyridine rings is 1. The molecule has 564 valence electrons. The fourth-order valence-corrected chi connectivity index (χ4v) is 16.9. The number of sulfonamides is 1. The highest BCUT2D eigenvalue weighted by Crippen LogP contribution is 2.45. The van der Waals surface area contributed by atoms with Gasteiger partial charge in [0, 0.05) is 126 Å². The Balaban J connectivity index is 0.608. The van der Waals surface area contributed by atoms with Crippen LogP contribution in [0, 0.1) is 27.9 Å². The number of piperazine rings is 2. The lowest BCUT2D eigenvalue weighted by molar-refractivity contribution is -0.384. The predicted octanol–water partition coefficient (Wildman–Crippen LogP) is 11.3. The number of aliphatic hydroxyl groups excluding tert-OH is 1. The minimum absolute atomic E-state index is 0.0286. The van der Waals surface area contributed by atoms with Gasteiger partial charge in [0.2, 0.25) is 29.5 Å². The number of halogens is 1. The standard InChI is InChI=1S/C78H97ClN14O11S2/c1-50(52-14-16-54(17-15-52)70-51(2)82-49-105-70)83-74(98)66-44-59(94)48-92(66)76(99)71(77(3,4)5)84-68(95)12-8-9-13-69(96)90-39-33-87(34-40-90)31-10-29-80-63-25-23-60(45-65(63)93(100)101)106(102,103)86-73(97)61-24-22-58(43-64(61)91-32-11-41-104-75-67(91)42-55-27-30-81-72(55)85-75)89-37-35-88(36-38-89)47-56-26-28-78(6,7)46-62(56)53-18-20-57(79)21-19-53/h14-25,27,30,42-43,45,49-50,59,66,71,80,94H,8-13,26,28-29,31-41,44,46-48H2,1-7H3,(H,81,85)(H,83,98)(H,84,95)(H,86,97)/t50-,59+,66-,71+/m0/s1. The van der Waals surface area contributed by atoms with Crippen molar-refractivity contribution >= 4 is 108 Å². The fraction of sp³-hybridized carbons (Fsp3) is 0.474. The Bertz CT molecular complexity index is 4520. The number of anilines is 4. The predicted molar refractivity (Wildman–Crippen MR) is 413 cm³/mol. The first-order valence-electron chi connectivity index (χ1n) is 36.8. The van der Waals surface area contributed by atoms with Crippen LogP contribution >= 0.6 is 22.9 Å². The van der Waals surface area contributed by atoms with Gasteiger partial charge in [-0.25, -0.2) is 18.1 Å². The summed E-state index contributed by atoms with van der Waals surface area (Å²) in [7, 11) is -4.68. The summed E-state index contributed by atoms with van der Waals surface area (Å²) >= 11 is 7.87. The molecule has 3 fully saturated rings. The van der Waals surface area contributed by atoms with E-state index in [4.69, 9.17) is 21.3 Å². The number of aryl methyl sites for hydroxylation is 1. The second kappa shape index (κ2) is 33.0. The van der Waals surface area contributed by atoms with E-state index < -0.39 is 66.9 Å². The molecule has 0 saturated carbocycles. The number of unbranched alkanes of at least 4 members (excludes halogenated alkanes) is 1. The van der Waals surface area contributed by atoms with Crippen molar-refractivity contribution in [1.82, 2.24) is 49.9 Å². The SMILES string of the molecule is Cc1ncsc1-c1ccc([C@H](C)NC(=O)[C@@H]2C[C@@H](O)CN2C(=O)[C@@H](NC(=O)CCCCC(=O)N2CCN(CCCNc3ccc(S(=O)(=O)NC(=O)c4ccc(N5CCN(CC6=C(c7ccc(Cl)cc7)CC(C)(C)CC6)CC5)cc4N4CCCOc5nc6[nH]ccc6cc54)cc3[N+](=O)[O-])CC2)C(C)(C)C)cc1. The summed E-state index contributed by atoms with van der Waals surface area (Å²) < 4.78 is 37.0. The van der Waals surface area contributed by atoms with Crippen LogP contribution < -0.4 is 35.2 Å². The van der Waals surface area contributed by atoms with E-state index in [-0.39, 0.29) is 60.3 Å². The Morgan fingerprint density at radius 1 is 0.858 bits per heavy atom. The molecule has 4 aliphatic heterocycles. The highest BCUT2D eigenvalue weighted by Gasteiger charge is 2.45. The first kappa shape index (κ1) is 76.7. The van der Waals surface area contributed by atoms with Gasteiger partial charge in [-0.1, -0.05) is 88.2 Å². The number of hydrogen-bond acceptors (Lipinski definition) is 19. The van der Waals surface area contributed by atoms with Crippen LogP contribution in [0.4, 0.5) is 28.4 Å². The third-order valence-electron chi connectivity index (χ3n) is 21.1. The van der Waals surface area contributed by atoms with E-state index in [0.29, 0.717) is 119 Å². The molecule has 5 amide bonds. The monoisotopic (exact) mass is 1500 g/mol. The Hall–Kier alpha value is -8.99. The van der Waals surface area contributed by atoms with Gasteiger partial charge in [-0.05, 0) is 153 Å². The molecule has 0 bridgehead atoms. The molecule has 3 aromatic heterocycles. The van der Waals surface area contributed by atoms with Gasteiger partial charge in [-0.2, -0.15) is 4.98 Å². The minimum atomic E-state index is -4.68. The number of carbonyl (C=O) groups excluding carboxylic acids is 5. The number of aliphatic hydroxyl groups is 1. The van der Waals surface area contributed by atoms with Gasteiger partial charge in [-0.3, -0.25) is 43.9 Å². The number of H-pyrrole nitrogens is 1. The van der Waals surface area contributed by atoms with Gasteiger partial charge in [0.1, 0.15) is 29.1 Å². The summed E-state index contributed by atoms with van der Waals surface area (Å²) in [5.74, 6) is -1.79. The minimum Gasteiger partial charge on any atom is -0.476 e. The number of aromatic nitrogens is 3. The van der Waals surface area contributed by atoms with Gasteiger partial charge in [0.15, 0.2) is 0 Å². The molecule has 5 aliphatic rings. The number of carbonyl (C=O) groups is 5. The van der Waals surface area contributed by atoms with Gasteiger partial charge < -0.3 is 50.4 Å². The van der Waals surface area contributed by atoms with Crippen LogP contribution in [0.2, 0.25) is 5.02 Å². The number of aromatic amines is 1. The van der Waals surface area contributed by atoms with Gasteiger partial charge in [0.05, 0.1) is 55.9 Å². The van der Waals surface area contributed by atoms with E-state index in [1.54, 1.807) is 34.0 Å². The third kappa shape index (κ3) is 18.3. The number of hydrogen-bond donors (Lipinski definition) is 6. The number of allylic oxidation sites excluding steroid dienone is 1. The Kier molecular flexibility index (Phi) is 23.9. The van der Waals surface area contributed by atoms with Gasteiger partial charge >= 0.3 is 0 Å². The normalized spacial score (nSPS) is 18.7. The van der Waals surface area contributed by atoms with Crippen molar-refractivity contribution in [1.29, 1.82) is 0 Å². The van der Waals surface area contributed by atoms with E-state index in [9.17, 15) is 47.6 Å². The fourth-order valence-electron chi connectivity index (χ4n) is 15.0. The summed E-state index contributed by atoms with van der Waals surface area (Å²) in [5, 5.41) is 34.0. The number of β-amino-alcohol motifs (C(OH)–C–C–N with tert-alkyl or cyclic N) is 1. The third-order valence-corrected chi connectivity index (χ3v) is 23.6. The Morgan fingerprint density at radius 2 is 1.58 bits per heavy atom. The molecule has 1 aliphatic carbocycles. The lowest BCUT2D eigenvalue weighted by atomic mass is 9.72. The van der Waals surface area contributed by atoms with E-state index in [1.165, 1.54) is 33.7 Å². The smallest absolute Gasteiger partial charge is 0.293 e. The molecule has 25 nitrogen and oxygen atoms in total. The highest BCUT2D eigenvalue weighted by atomic mass is 35.5. The molecule has 0 radical (unpaired) electrons. The maximum Gasteiger partial charge on any atom is 0.293 e. The van der Waals surface area contributed by atoms with Crippen LogP contribution in [0.1, 0.15) is 139 Å². The first-order chi connectivity index (χ1) is 50.6. The van der Waals surface area contributed by atoms with Crippen molar-refractivity contribution < 1.29 is 47.2 Å². The summed E-state index contributed by atoms with van der Waals surface area (Å²) in [5.41, 5.74) is 10.4. The summed E-state index contributed by atoms with van der Waals surface area (Å²) in [6.45, 7) is 21.8. The molecular formula is C78H97ClN14O11S2. The summed E-state index contributed by atoms with van der Waals surface area (Å²) in [6.07, 6.45) is 6.38. The van der Waals surface area contributed by atoms with Gasteiger partial charge in [0.25, 0.3) is 21.6 Å². The topological polar surface area (TPSA) is 301 Å². The van der Waals surface area contributed by atoms with Crippen LogP contribution in [0.5, 0.6) is 5.88 Å². The number of nitrogens with one attached hydrogen (secondary N) is 5. The largest absolute Gasteiger partial charge is 0.476 e. The van der Waals surface area contributed by atoms with Crippen molar-refractivity contribution in [3.63, 3.8) is 0 Å². The van der Waals surface area contributed by atoms with E-state index >= 15 is 0 Å². The zero-order chi connectivity index (χ0) is 75.2. The van der Waals surface area contributed by atoms with Crippen molar-refractivity contribution in [3.05, 3.63) is 152 Å². The number of thiazole rings is 1. The zero-order valence-corrected chi connectivity index (χ0v) is 63.8. The number of benzene rings is 4. The molecule has 7 heterocycles. The highest BCUT2D eigenvalue weighted by molar-refractivity contribution is 7.90. The number of likely N-dealkylation sites (tertiary alicyclic amines) is 1. The molecule has 7 aromatic rings. The van der Waals surface area contributed by atoms with Crippen LogP contribution in [0.15, 0.2) is 119 Å². The van der Waals surface area contributed by atoms with Crippen molar-refractivity contribution in [2.45, 2.75) is 142 Å². The molecule has 28 heteroatoms. The quantitative estimate of drug-likeness (QED) is 0.0176. The molecule has 106 heavy (non-hydrogen) atoms. The van der Waals surface area contributed by atoms with E-state index in [1.807, 2.05) is 100 Å². The van der Waals surface area contributed by atoms with Crippen LogP contribution in [-0.2, 0) is 29.2 Å². The van der Waals surface area contributed by atoms with E-state index in [0.717, 1.165) is 77.7 Å². The maximum absolute atomic E-state index is 14.7. The lowest BCUT2D eigenvalue weighted by Gasteiger charge is -2.39. The molecule has 0 unspecified atom stereocenters. The van der Waals surface area contributed by atoms with E-state index in [2.05, 4.69) is 71.3 Å². The van der Waals surface area contributed by atoms with Crippen molar-refractivity contribution in [3.8, 4) is 16.3 Å². The van der Waals surface area contributed by atoms with Gasteiger partial charge in [-0.15, -0.1) is 11.3 Å². The zero-order valence-electron chi connectivity index (χ0n) is 61.4. The maximum atomic E-state index is 14.7. The number of fused-ring (bicyclic) bond motifs is 2. The average molecular weight is 1510 g/mol. The number of rotatable bonds is 25. The molecular weight excluding hydrogens is 1410 g/mol. The van der Waals surface area contributed by atoms with Crippen LogP contribution in [0.3, 0.4) is 0 Å². The molecule has 4 atom stereocenters. The van der Waals surface area contributed by atoms with Crippen LogP contribution in [-0.4, -0.2) is 192 Å². The first-order valence-corrected chi connectivity index (χ1v) is 39.5. The molecule has 0 spiro atoms. The number of nitro benzene ring substituents is 1. The number of nitro groups is 1. The number of ether oxygens (including phenoxy) is 1. The summed E-state index contributed by atoms with van der Waals surface area (Å²) in [4.78, 5) is 107. The molecule has 6 N–H and O–H groups in total. The number of amides is 5. The lowest BCUT2D eigenvalue weighted by Crippen LogP contribution is -2.57. The van der Waals surface area contributed by atoms with Crippen LogP contribution in [0.25, 0.3) is 27.0 Å². The average Bonchev–Trinajstić information content (AvgIpc) is 1.40. The number of nitrogens with zero attached hydrogens (tertiary/aromatic N) is 9. The second-order valence-electron chi connectivity index (χ2n) is 30.4. The molecule has 12 rings (SSSR count).